The first-order chi connectivity index (χ1) is 10.0. The molecule has 0 radical (unpaired) electrons. The molecule has 0 N–H and O–H groups in total. The zero-order valence-corrected chi connectivity index (χ0v) is 14.8. The Balaban J connectivity index is 2.18. The van der Waals surface area contributed by atoms with Crippen molar-refractivity contribution >= 4 is 39.1 Å². The van der Waals surface area contributed by atoms with Gasteiger partial charge in [-0.25, -0.2) is 0 Å². The Labute approximate surface area is 143 Å². The van der Waals surface area contributed by atoms with Gasteiger partial charge in [-0.1, -0.05) is 23.7 Å². The second kappa shape index (κ2) is 7.39. The maximum Gasteiger partial charge on any atom is 0.160 e. The van der Waals surface area contributed by atoms with E-state index in [-0.39, 0.29) is 5.38 Å². The smallest absolute Gasteiger partial charge is 0.160 e. The predicted molar refractivity (Wildman–Crippen MR) is 91.0 cm³/mol. The van der Waals surface area contributed by atoms with Crippen molar-refractivity contribution in [2.75, 3.05) is 14.2 Å². The molecule has 0 aliphatic rings. The van der Waals surface area contributed by atoms with Crippen molar-refractivity contribution in [2.24, 2.45) is 0 Å². The number of hydrogen-bond donors (Lipinski definition) is 0. The molecular weight excluding hydrogens is 375 g/mol. The molecular formula is C16H15BrCl2O2. The van der Waals surface area contributed by atoms with Gasteiger partial charge in [-0.3, -0.25) is 0 Å². The van der Waals surface area contributed by atoms with Crippen LogP contribution in [0.5, 0.6) is 11.5 Å². The molecule has 0 saturated carbocycles. The third kappa shape index (κ3) is 4.06. The molecule has 0 spiro atoms. The van der Waals surface area contributed by atoms with Gasteiger partial charge in [0.25, 0.3) is 0 Å². The number of methoxy groups -OCH3 is 2. The third-order valence-corrected chi connectivity index (χ3v) is 4.81. The fourth-order valence-electron chi connectivity index (χ4n) is 2.04. The molecule has 0 aliphatic heterocycles. The number of benzene rings is 2. The summed E-state index contributed by atoms with van der Waals surface area (Å²) in [5, 5.41) is 0.499. The van der Waals surface area contributed by atoms with Crippen LogP contribution < -0.4 is 9.47 Å². The Hall–Kier alpha value is -0.900. The zero-order valence-electron chi connectivity index (χ0n) is 11.7. The third-order valence-electron chi connectivity index (χ3n) is 3.17. The van der Waals surface area contributed by atoms with Gasteiger partial charge in [-0.05, 0) is 57.7 Å². The van der Waals surface area contributed by atoms with Crippen molar-refractivity contribution in [1.82, 2.24) is 0 Å². The summed E-state index contributed by atoms with van der Waals surface area (Å²) in [5.74, 6) is 1.41. The van der Waals surface area contributed by atoms with Crippen LogP contribution in [0.25, 0.3) is 0 Å². The lowest BCUT2D eigenvalue weighted by Crippen LogP contribution is -1.98. The summed E-state index contributed by atoms with van der Waals surface area (Å²) >= 11 is 16.0. The molecule has 1 unspecified atom stereocenters. The minimum absolute atomic E-state index is 0.159. The molecule has 0 aliphatic carbocycles. The fourth-order valence-corrected chi connectivity index (χ4v) is 2.79. The van der Waals surface area contributed by atoms with E-state index in [0.717, 1.165) is 15.6 Å². The largest absolute Gasteiger partial charge is 0.493 e. The summed E-state index contributed by atoms with van der Waals surface area (Å²) in [4.78, 5) is 0. The number of alkyl halides is 1. The molecule has 2 rings (SSSR count). The molecule has 0 aromatic heterocycles. The van der Waals surface area contributed by atoms with Crippen LogP contribution in [-0.2, 0) is 6.42 Å². The van der Waals surface area contributed by atoms with Crippen molar-refractivity contribution in [3.63, 3.8) is 0 Å². The average molecular weight is 390 g/mol. The molecule has 2 nitrogen and oxygen atoms in total. The minimum Gasteiger partial charge on any atom is -0.493 e. The second-order valence-corrected chi connectivity index (χ2v) is 6.32. The highest BCUT2D eigenvalue weighted by atomic mass is 79.9. The van der Waals surface area contributed by atoms with E-state index in [4.69, 9.17) is 32.7 Å². The molecule has 0 saturated heterocycles. The van der Waals surface area contributed by atoms with Crippen LogP contribution in [0, 0.1) is 0 Å². The Morgan fingerprint density at radius 1 is 1.05 bits per heavy atom. The quantitative estimate of drug-likeness (QED) is 0.615. The fraction of sp³-hybridized carbons (Fsp3) is 0.250. The first kappa shape index (κ1) is 16.5. The van der Waals surface area contributed by atoms with Gasteiger partial charge >= 0.3 is 0 Å². The number of halogens is 3. The van der Waals surface area contributed by atoms with Gasteiger partial charge in [-0.2, -0.15) is 0 Å². The first-order valence-electron chi connectivity index (χ1n) is 6.35. The highest BCUT2D eigenvalue weighted by Gasteiger charge is 2.12. The normalized spacial score (nSPS) is 12.0. The van der Waals surface area contributed by atoms with Gasteiger partial charge < -0.3 is 9.47 Å². The van der Waals surface area contributed by atoms with Gasteiger partial charge in [0.2, 0.25) is 0 Å². The maximum absolute atomic E-state index is 6.49. The zero-order chi connectivity index (χ0) is 15.4. The van der Waals surface area contributed by atoms with E-state index in [2.05, 4.69) is 15.9 Å². The molecule has 2 aromatic rings. The molecule has 0 bridgehead atoms. The summed E-state index contributed by atoms with van der Waals surface area (Å²) in [6.45, 7) is 0. The van der Waals surface area contributed by atoms with Crippen molar-refractivity contribution in [1.29, 1.82) is 0 Å². The van der Waals surface area contributed by atoms with Gasteiger partial charge in [-0.15, -0.1) is 11.6 Å². The Morgan fingerprint density at radius 3 is 2.38 bits per heavy atom. The van der Waals surface area contributed by atoms with Crippen molar-refractivity contribution in [3.05, 3.63) is 57.0 Å². The van der Waals surface area contributed by atoms with Crippen LogP contribution in [0.3, 0.4) is 0 Å². The monoisotopic (exact) mass is 388 g/mol. The predicted octanol–water partition coefficient (Wildman–Crippen LogP) is 5.64. The number of ether oxygens (including phenoxy) is 2. The molecule has 0 fully saturated rings. The van der Waals surface area contributed by atoms with E-state index < -0.39 is 0 Å². The van der Waals surface area contributed by atoms with Crippen LogP contribution in [0.1, 0.15) is 16.5 Å². The first-order valence-corrected chi connectivity index (χ1v) is 7.95. The maximum atomic E-state index is 6.49. The summed E-state index contributed by atoms with van der Waals surface area (Å²) in [6.07, 6.45) is 0.680. The van der Waals surface area contributed by atoms with Gasteiger partial charge in [0, 0.05) is 4.47 Å². The SMILES string of the molecule is COc1ccc(CC(Cl)c2ccc(Br)c(Cl)c2)cc1OC. The lowest BCUT2D eigenvalue weighted by molar-refractivity contribution is 0.354. The Morgan fingerprint density at radius 2 is 1.76 bits per heavy atom. The second-order valence-electron chi connectivity index (χ2n) is 4.53. The van der Waals surface area contributed by atoms with Gasteiger partial charge in [0.05, 0.1) is 24.6 Å². The van der Waals surface area contributed by atoms with Crippen molar-refractivity contribution < 1.29 is 9.47 Å². The minimum atomic E-state index is -0.159. The topological polar surface area (TPSA) is 18.5 Å². The summed E-state index contributed by atoms with van der Waals surface area (Å²) < 4.78 is 11.4. The number of hydrogen-bond acceptors (Lipinski definition) is 2. The van der Waals surface area contributed by atoms with Crippen LogP contribution in [0.2, 0.25) is 5.02 Å². The summed E-state index contributed by atoms with van der Waals surface area (Å²) in [7, 11) is 3.24. The highest BCUT2D eigenvalue weighted by molar-refractivity contribution is 9.10. The molecule has 112 valence electrons. The standard InChI is InChI=1S/C16H15BrCl2O2/c1-20-15-6-3-10(8-16(15)21-2)7-13(18)11-4-5-12(17)14(19)9-11/h3-6,8-9,13H,7H2,1-2H3. The summed E-state index contributed by atoms with van der Waals surface area (Å²) in [6, 6.07) is 11.6. The highest BCUT2D eigenvalue weighted by Crippen LogP contribution is 2.33. The molecule has 0 amide bonds. The van der Waals surface area contributed by atoms with E-state index in [0.29, 0.717) is 22.9 Å². The van der Waals surface area contributed by atoms with E-state index in [1.165, 1.54) is 0 Å². The van der Waals surface area contributed by atoms with Gasteiger partial charge in [0.1, 0.15) is 0 Å². The molecule has 1 atom stereocenters. The lowest BCUT2D eigenvalue weighted by Gasteiger charge is -2.13. The van der Waals surface area contributed by atoms with Crippen LogP contribution in [0.4, 0.5) is 0 Å². The average Bonchev–Trinajstić information content (AvgIpc) is 2.49. The molecule has 5 heteroatoms. The van der Waals surface area contributed by atoms with Crippen molar-refractivity contribution in [3.8, 4) is 11.5 Å². The van der Waals surface area contributed by atoms with Crippen LogP contribution >= 0.6 is 39.1 Å². The van der Waals surface area contributed by atoms with E-state index in [9.17, 15) is 0 Å². The Kier molecular flexibility index (Phi) is 5.80. The van der Waals surface area contributed by atoms with Crippen LogP contribution in [-0.4, -0.2) is 14.2 Å². The lowest BCUT2D eigenvalue weighted by atomic mass is 10.0. The molecule has 2 aromatic carbocycles. The molecule has 0 heterocycles. The number of rotatable bonds is 5. The van der Waals surface area contributed by atoms with Gasteiger partial charge in [0.15, 0.2) is 11.5 Å². The molecule has 21 heavy (non-hydrogen) atoms. The van der Waals surface area contributed by atoms with E-state index >= 15 is 0 Å². The Bertz CT molecular complexity index is 632. The summed E-state index contributed by atoms with van der Waals surface area (Å²) in [5.41, 5.74) is 2.06. The van der Waals surface area contributed by atoms with Crippen molar-refractivity contribution in [2.45, 2.75) is 11.8 Å². The van der Waals surface area contributed by atoms with E-state index in [1.54, 1.807) is 14.2 Å². The van der Waals surface area contributed by atoms with E-state index in [1.807, 2.05) is 36.4 Å². The van der Waals surface area contributed by atoms with Crippen LogP contribution in [0.15, 0.2) is 40.9 Å².